The second-order valence-electron chi connectivity index (χ2n) is 4.79. The summed E-state index contributed by atoms with van der Waals surface area (Å²) in [4.78, 5) is 14.0. The molecule has 0 spiro atoms. The molecule has 0 saturated heterocycles. The number of nitro groups is 1. The van der Waals surface area contributed by atoms with Crippen molar-refractivity contribution >= 4 is 10.9 Å². The van der Waals surface area contributed by atoms with Crippen molar-refractivity contribution in [2.24, 2.45) is 0 Å². The molecule has 0 unspecified atom stereocenters. The first kappa shape index (κ1) is 12.4. The highest BCUT2D eigenvalue weighted by Gasteiger charge is 2.21. The molecule has 0 aliphatic rings. The Kier molecular flexibility index (Phi) is 3.21. The van der Waals surface area contributed by atoms with Crippen molar-refractivity contribution in [2.75, 3.05) is 6.54 Å². The summed E-state index contributed by atoms with van der Waals surface area (Å²) >= 11 is 0. The van der Waals surface area contributed by atoms with Crippen LogP contribution >= 0.6 is 0 Å². The van der Waals surface area contributed by atoms with Gasteiger partial charge in [0.15, 0.2) is 0 Å². The SMILES string of the molecule is O=[N+]([O-])C[C@H](c1ccccc1)c1cc2ccccc2[nH]1. The number of fused-ring (bicyclic) bond motifs is 1. The van der Waals surface area contributed by atoms with E-state index in [4.69, 9.17) is 0 Å². The molecule has 0 aliphatic carbocycles. The van der Waals surface area contributed by atoms with Gasteiger partial charge in [0.1, 0.15) is 0 Å². The van der Waals surface area contributed by atoms with Crippen LogP contribution in [0, 0.1) is 10.1 Å². The fourth-order valence-corrected chi connectivity index (χ4v) is 2.50. The molecule has 0 aliphatic heterocycles. The van der Waals surface area contributed by atoms with E-state index in [1.807, 2.05) is 60.7 Å². The van der Waals surface area contributed by atoms with Gasteiger partial charge in [0.2, 0.25) is 6.54 Å². The van der Waals surface area contributed by atoms with Gasteiger partial charge in [-0.25, -0.2) is 0 Å². The van der Waals surface area contributed by atoms with Crippen molar-refractivity contribution in [2.45, 2.75) is 5.92 Å². The first-order chi connectivity index (χ1) is 9.74. The highest BCUT2D eigenvalue weighted by Crippen LogP contribution is 2.27. The lowest BCUT2D eigenvalue weighted by molar-refractivity contribution is -0.481. The van der Waals surface area contributed by atoms with E-state index in [1.54, 1.807) is 0 Å². The van der Waals surface area contributed by atoms with Crippen molar-refractivity contribution in [3.8, 4) is 0 Å². The zero-order valence-electron chi connectivity index (χ0n) is 10.8. The van der Waals surface area contributed by atoms with Gasteiger partial charge in [-0.2, -0.15) is 0 Å². The van der Waals surface area contributed by atoms with Gasteiger partial charge in [0.25, 0.3) is 0 Å². The predicted octanol–water partition coefficient (Wildman–Crippen LogP) is 3.58. The summed E-state index contributed by atoms with van der Waals surface area (Å²) in [5.74, 6) is -0.251. The molecule has 1 heterocycles. The fourth-order valence-electron chi connectivity index (χ4n) is 2.50. The molecule has 4 nitrogen and oxygen atoms in total. The molecule has 3 rings (SSSR count). The van der Waals surface area contributed by atoms with Gasteiger partial charge in [0.05, 0.1) is 5.92 Å². The first-order valence-corrected chi connectivity index (χ1v) is 6.48. The molecule has 1 atom stereocenters. The summed E-state index contributed by atoms with van der Waals surface area (Å²) < 4.78 is 0. The number of nitrogens with zero attached hydrogens (tertiary/aromatic N) is 1. The maximum Gasteiger partial charge on any atom is 0.216 e. The summed E-state index contributed by atoms with van der Waals surface area (Å²) in [7, 11) is 0. The molecule has 3 aromatic rings. The summed E-state index contributed by atoms with van der Waals surface area (Å²) in [6.45, 7) is -0.114. The van der Waals surface area contributed by atoms with Crippen LogP contribution in [0.5, 0.6) is 0 Å². The molecule has 2 aromatic carbocycles. The topological polar surface area (TPSA) is 58.9 Å². The quantitative estimate of drug-likeness (QED) is 0.579. The van der Waals surface area contributed by atoms with Crippen molar-refractivity contribution in [1.29, 1.82) is 0 Å². The lowest BCUT2D eigenvalue weighted by atomic mass is 9.96. The monoisotopic (exact) mass is 266 g/mol. The molecule has 1 N–H and O–H groups in total. The Balaban J connectivity index is 2.06. The van der Waals surface area contributed by atoms with Crippen LogP contribution in [0.15, 0.2) is 60.7 Å². The van der Waals surface area contributed by atoms with Crippen molar-refractivity contribution in [3.05, 3.63) is 82.0 Å². The Bertz CT molecular complexity index is 701. The van der Waals surface area contributed by atoms with Gasteiger partial charge in [-0.1, -0.05) is 48.5 Å². The van der Waals surface area contributed by atoms with Gasteiger partial charge < -0.3 is 4.98 Å². The van der Waals surface area contributed by atoms with Gasteiger partial charge in [-0.15, -0.1) is 0 Å². The molecule has 0 fully saturated rings. The Morgan fingerprint density at radius 1 is 1.05 bits per heavy atom. The van der Waals surface area contributed by atoms with Crippen LogP contribution < -0.4 is 0 Å². The molecule has 0 radical (unpaired) electrons. The van der Waals surface area contributed by atoms with E-state index in [0.717, 1.165) is 22.2 Å². The first-order valence-electron chi connectivity index (χ1n) is 6.48. The second-order valence-corrected chi connectivity index (χ2v) is 4.79. The zero-order chi connectivity index (χ0) is 13.9. The zero-order valence-corrected chi connectivity index (χ0v) is 10.8. The number of para-hydroxylation sites is 1. The number of hydrogen-bond acceptors (Lipinski definition) is 2. The minimum Gasteiger partial charge on any atom is -0.358 e. The normalized spacial score (nSPS) is 12.4. The summed E-state index contributed by atoms with van der Waals surface area (Å²) in [6.07, 6.45) is 0. The maximum atomic E-state index is 11.0. The van der Waals surface area contributed by atoms with E-state index < -0.39 is 0 Å². The Labute approximate surface area is 116 Å². The Morgan fingerprint density at radius 2 is 1.75 bits per heavy atom. The molecular formula is C16H14N2O2. The molecule has 0 amide bonds. The molecule has 0 saturated carbocycles. The van der Waals surface area contributed by atoms with Gasteiger partial charge in [-0.05, 0) is 23.1 Å². The third-order valence-corrected chi connectivity index (χ3v) is 3.46. The molecule has 100 valence electrons. The van der Waals surface area contributed by atoms with E-state index in [0.29, 0.717) is 0 Å². The van der Waals surface area contributed by atoms with Crippen LogP contribution in [0.3, 0.4) is 0 Å². The molecule has 20 heavy (non-hydrogen) atoms. The van der Waals surface area contributed by atoms with Crippen LogP contribution in [0.2, 0.25) is 0 Å². The number of hydrogen-bond donors (Lipinski definition) is 1. The number of nitrogens with one attached hydrogen (secondary N) is 1. The molecular weight excluding hydrogens is 252 g/mol. The van der Waals surface area contributed by atoms with Gasteiger partial charge >= 0.3 is 0 Å². The smallest absolute Gasteiger partial charge is 0.216 e. The van der Waals surface area contributed by atoms with Crippen molar-refractivity contribution < 1.29 is 4.92 Å². The van der Waals surface area contributed by atoms with Crippen molar-refractivity contribution in [1.82, 2.24) is 4.98 Å². The molecule has 1 aromatic heterocycles. The number of benzene rings is 2. The number of H-pyrrole nitrogens is 1. The second kappa shape index (κ2) is 5.17. The van der Waals surface area contributed by atoms with Crippen LogP contribution in [-0.2, 0) is 0 Å². The van der Waals surface area contributed by atoms with E-state index in [2.05, 4.69) is 4.98 Å². The fraction of sp³-hybridized carbons (Fsp3) is 0.125. The van der Waals surface area contributed by atoms with E-state index in [1.165, 1.54) is 0 Å². The minimum absolute atomic E-state index is 0.114. The summed E-state index contributed by atoms with van der Waals surface area (Å²) in [5, 5.41) is 12.0. The lowest BCUT2D eigenvalue weighted by Gasteiger charge is -2.11. The van der Waals surface area contributed by atoms with Gasteiger partial charge in [-0.3, -0.25) is 10.1 Å². The van der Waals surface area contributed by atoms with Crippen LogP contribution in [-0.4, -0.2) is 16.5 Å². The average Bonchev–Trinajstić information content (AvgIpc) is 2.89. The highest BCUT2D eigenvalue weighted by molar-refractivity contribution is 5.80. The largest absolute Gasteiger partial charge is 0.358 e. The van der Waals surface area contributed by atoms with E-state index in [9.17, 15) is 10.1 Å². The van der Waals surface area contributed by atoms with Crippen LogP contribution in [0.4, 0.5) is 0 Å². The van der Waals surface area contributed by atoms with Crippen molar-refractivity contribution in [3.63, 3.8) is 0 Å². The maximum absolute atomic E-state index is 11.0. The van der Waals surface area contributed by atoms with Crippen LogP contribution in [0.1, 0.15) is 17.2 Å². The Hall–Kier alpha value is -2.62. The number of aromatic nitrogens is 1. The molecule has 0 bridgehead atoms. The minimum atomic E-state index is -0.261. The number of rotatable bonds is 4. The standard InChI is InChI=1S/C16H14N2O2/c19-18(20)11-14(12-6-2-1-3-7-12)16-10-13-8-4-5-9-15(13)17-16/h1-10,14,17H,11H2/t14-/m1/s1. The van der Waals surface area contributed by atoms with Gasteiger partial charge in [0, 0.05) is 16.1 Å². The average molecular weight is 266 g/mol. The Morgan fingerprint density at radius 3 is 2.45 bits per heavy atom. The molecule has 4 heteroatoms. The summed E-state index contributed by atoms with van der Waals surface area (Å²) in [5.41, 5.74) is 2.84. The van der Waals surface area contributed by atoms with E-state index >= 15 is 0 Å². The summed E-state index contributed by atoms with van der Waals surface area (Å²) in [6, 6.07) is 19.5. The van der Waals surface area contributed by atoms with Crippen LogP contribution in [0.25, 0.3) is 10.9 Å². The lowest BCUT2D eigenvalue weighted by Crippen LogP contribution is -2.14. The number of aromatic amines is 1. The third kappa shape index (κ3) is 2.40. The highest BCUT2D eigenvalue weighted by atomic mass is 16.6. The predicted molar refractivity (Wildman–Crippen MR) is 78.4 cm³/mol. The van der Waals surface area contributed by atoms with E-state index in [-0.39, 0.29) is 17.4 Å². The third-order valence-electron chi connectivity index (χ3n) is 3.46.